The van der Waals surface area contributed by atoms with Crippen molar-refractivity contribution in [3.05, 3.63) is 47.5 Å². The molecule has 2 aromatic rings. The minimum Gasteiger partial charge on any atom is -0.382 e. The van der Waals surface area contributed by atoms with Gasteiger partial charge in [0.1, 0.15) is 17.5 Å². The van der Waals surface area contributed by atoms with Crippen molar-refractivity contribution in [1.29, 1.82) is 0 Å². The van der Waals surface area contributed by atoms with E-state index in [1.165, 1.54) is 12.3 Å². The number of halogens is 1. The molecular weight excluding hydrogens is 231 g/mol. The van der Waals surface area contributed by atoms with Gasteiger partial charge < -0.3 is 11.1 Å². The fourth-order valence-corrected chi connectivity index (χ4v) is 1.63. The van der Waals surface area contributed by atoms with E-state index in [0.717, 1.165) is 5.56 Å². The smallest absolute Gasteiger partial charge is 0.147 e. The van der Waals surface area contributed by atoms with Crippen LogP contribution in [0.2, 0.25) is 0 Å². The van der Waals surface area contributed by atoms with Crippen molar-refractivity contribution >= 4 is 11.6 Å². The monoisotopic (exact) mass is 246 g/mol. The Balaban J connectivity index is 2.16. The third kappa shape index (κ3) is 2.74. The molecule has 2 rings (SSSR count). The van der Waals surface area contributed by atoms with Crippen LogP contribution in [-0.2, 0) is 0 Å². The van der Waals surface area contributed by atoms with Gasteiger partial charge in [-0.05, 0) is 31.0 Å². The molecule has 1 unspecified atom stereocenters. The minimum absolute atomic E-state index is 0.0730. The molecule has 0 saturated heterocycles. The number of hydrogen-bond acceptors (Lipinski definition) is 4. The van der Waals surface area contributed by atoms with Gasteiger partial charge in [-0.2, -0.15) is 0 Å². The molecular formula is C13H15FN4. The largest absolute Gasteiger partial charge is 0.382 e. The van der Waals surface area contributed by atoms with Gasteiger partial charge in [0.25, 0.3) is 0 Å². The molecule has 0 amide bonds. The van der Waals surface area contributed by atoms with Crippen LogP contribution in [0.5, 0.6) is 0 Å². The lowest BCUT2D eigenvalue weighted by Gasteiger charge is -2.15. The minimum atomic E-state index is -0.209. The highest BCUT2D eigenvalue weighted by Gasteiger charge is 2.08. The fourth-order valence-electron chi connectivity index (χ4n) is 1.63. The summed E-state index contributed by atoms with van der Waals surface area (Å²) >= 11 is 0. The van der Waals surface area contributed by atoms with Crippen molar-refractivity contribution in [2.24, 2.45) is 0 Å². The standard InChI is InChI=1S/C13H15FN4/c1-8-3-4-10(5-11(8)14)9(2)17-13-7-16-6-12(15)18-13/h3-7,9H,1-2H3,(H3,15,17,18). The van der Waals surface area contributed by atoms with Crippen molar-refractivity contribution in [2.75, 3.05) is 11.1 Å². The summed E-state index contributed by atoms with van der Waals surface area (Å²) in [7, 11) is 0. The van der Waals surface area contributed by atoms with E-state index in [2.05, 4.69) is 15.3 Å². The Morgan fingerprint density at radius 1 is 1.33 bits per heavy atom. The molecule has 0 fully saturated rings. The van der Waals surface area contributed by atoms with Crippen LogP contribution in [0, 0.1) is 12.7 Å². The third-order valence-electron chi connectivity index (χ3n) is 2.71. The third-order valence-corrected chi connectivity index (χ3v) is 2.71. The molecule has 1 atom stereocenters. The lowest BCUT2D eigenvalue weighted by atomic mass is 10.1. The van der Waals surface area contributed by atoms with Crippen LogP contribution in [0.3, 0.4) is 0 Å². The van der Waals surface area contributed by atoms with E-state index < -0.39 is 0 Å². The molecule has 18 heavy (non-hydrogen) atoms. The average molecular weight is 246 g/mol. The molecule has 0 radical (unpaired) electrons. The van der Waals surface area contributed by atoms with Crippen LogP contribution in [-0.4, -0.2) is 9.97 Å². The van der Waals surface area contributed by atoms with Gasteiger partial charge in [-0.15, -0.1) is 0 Å². The molecule has 0 bridgehead atoms. The van der Waals surface area contributed by atoms with Gasteiger partial charge in [-0.1, -0.05) is 12.1 Å². The number of nitrogen functional groups attached to an aromatic ring is 1. The van der Waals surface area contributed by atoms with Crippen LogP contribution in [0.4, 0.5) is 16.0 Å². The lowest BCUT2D eigenvalue weighted by Crippen LogP contribution is -2.09. The summed E-state index contributed by atoms with van der Waals surface area (Å²) in [5.41, 5.74) is 7.03. The molecule has 0 spiro atoms. The summed E-state index contributed by atoms with van der Waals surface area (Å²) in [5.74, 6) is 0.713. The normalized spacial score (nSPS) is 12.2. The number of nitrogens with zero attached hydrogens (tertiary/aromatic N) is 2. The average Bonchev–Trinajstić information content (AvgIpc) is 2.32. The second kappa shape index (κ2) is 5.00. The van der Waals surface area contributed by atoms with Gasteiger partial charge in [0.05, 0.1) is 18.4 Å². The summed E-state index contributed by atoms with van der Waals surface area (Å²) < 4.78 is 13.5. The highest BCUT2D eigenvalue weighted by Crippen LogP contribution is 2.20. The second-order valence-corrected chi connectivity index (χ2v) is 4.20. The quantitative estimate of drug-likeness (QED) is 0.874. The first kappa shape index (κ1) is 12.3. The molecule has 0 aliphatic rings. The summed E-state index contributed by atoms with van der Waals surface area (Å²) in [5, 5.41) is 3.13. The Bertz CT molecular complexity index is 556. The zero-order valence-corrected chi connectivity index (χ0v) is 10.3. The number of nitrogens with two attached hydrogens (primary N) is 1. The van der Waals surface area contributed by atoms with Gasteiger partial charge in [-0.25, -0.2) is 9.37 Å². The predicted octanol–water partition coefficient (Wildman–Crippen LogP) is 2.68. The molecule has 1 aromatic carbocycles. The molecule has 3 N–H and O–H groups in total. The van der Waals surface area contributed by atoms with Crippen LogP contribution in [0.1, 0.15) is 24.1 Å². The molecule has 0 aliphatic carbocycles. The maximum atomic E-state index is 13.5. The first-order valence-corrected chi connectivity index (χ1v) is 5.66. The van der Waals surface area contributed by atoms with Crippen molar-refractivity contribution in [2.45, 2.75) is 19.9 Å². The van der Waals surface area contributed by atoms with E-state index in [-0.39, 0.29) is 11.9 Å². The Hall–Kier alpha value is -2.17. The summed E-state index contributed by atoms with van der Waals surface area (Å²) in [4.78, 5) is 8.03. The summed E-state index contributed by atoms with van der Waals surface area (Å²) in [6, 6.07) is 5.09. The highest BCUT2D eigenvalue weighted by molar-refractivity contribution is 5.41. The van der Waals surface area contributed by atoms with E-state index in [0.29, 0.717) is 17.2 Å². The topological polar surface area (TPSA) is 63.8 Å². The van der Waals surface area contributed by atoms with Gasteiger partial charge in [0, 0.05) is 0 Å². The predicted molar refractivity (Wildman–Crippen MR) is 69.6 cm³/mol. The van der Waals surface area contributed by atoms with E-state index >= 15 is 0 Å². The maximum Gasteiger partial charge on any atom is 0.147 e. The highest BCUT2D eigenvalue weighted by atomic mass is 19.1. The molecule has 0 aliphatic heterocycles. The van der Waals surface area contributed by atoms with Crippen LogP contribution in [0.25, 0.3) is 0 Å². The summed E-state index contributed by atoms with van der Waals surface area (Å²) in [6.07, 6.45) is 3.05. The van der Waals surface area contributed by atoms with Gasteiger partial charge >= 0.3 is 0 Å². The fraction of sp³-hybridized carbons (Fsp3) is 0.231. The molecule has 1 aromatic heterocycles. The first-order valence-electron chi connectivity index (χ1n) is 5.66. The Labute approximate surface area is 105 Å². The number of aryl methyl sites for hydroxylation is 1. The Morgan fingerprint density at radius 3 is 2.78 bits per heavy atom. The van der Waals surface area contributed by atoms with E-state index in [1.54, 1.807) is 19.2 Å². The zero-order valence-electron chi connectivity index (χ0n) is 10.3. The zero-order chi connectivity index (χ0) is 13.1. The number of aromatic nitrogens is 2. The lowest BCUT2D eigenvalue weighted by molar-refractivity contribution is 0.614. The molecule has 0 saturated carbocycles. The van der Waals surface area contributed by atoms with Crippen molar-refractivity contribution in [3.63, 3.8) is 0 Å². The van der Waals surface area contributed by atoms with Gasteiger partial charge in [0.2, 0.25) is 0 Å². The van der Waals surface area contributed by atoms with Gasteiger partial charge in [0.15, 0.2) is 0 Å². The van der Waals surface area contributed by atoms with Gasteiger partial charge in [-0.3, -0.25) is 4.98 Å². The molecule has 4 nitrogen and oxygen atoms in total. The molecule has 1 heterocycles. The van der Waals surface area contributed by atoms with Crippen molar-refractivity contribution in [3.8, 4) is 0 Å². The van der Waals surface area contributed by atoms with E-state index in [1.807, 2.05) is 13.0 Å². The second-order valence-electron chi connectivity index (χ2n) is 4.20. The number of benzene rings is 1. The number of hydrogen-bond donors (Lipinski definition) is 2. The molecule has 94 valence electrons. The number of rotatable bonds is 3. The van der Waals surface area contributed by atoms with Crippen LogP contribution >= 0.6 is 0 Å². The van der Waals surface area contributed by atoms with Crippen LogP contribution < -0.4 is 11.1 Å². The van der Waals surface area contributed by atoms with Crippen molar-refractivity contribution in [1.82, 2.24) is 9.97 Å². The summed E-state index contributed by atoms with van der Waals surface area (Å²) in [6.45, 7) is 3.66. The number of anilines is 2. The maximum absolute atomic E-state index is 13.5. The number of nitrogens with one attached hydrogen (secondary N) is 1. The Morgan fingerprint density at radius 2 is 2.11 bits per heavy atom. The van der Waals surface area contributed by atoms with Crippen LogP contribution in [0.15, 0.2) is 30.6 Å². The Kier molecular flexibility index (Phi) is 3.41. The van der Waals surface area contributed by atoms with E-state index in [9.17, 15) is 4.39 Å². The van der Waals surface area contributed by atoms with E-state index in [4.69, 9.17) is 5.73 Å². The SMILES string of the molecule is Cc1ccc(C(C)Nc2cncc(N)n2)cc1F. The molecule has 5 heteroatoms. The van der Waals surface area contributed by atoms with Crippen molar-refractivity contribution < 1.29 is 4.39 Å². The first-order chi connectivity index (χ1) is 8.56.